The smallest absolute Gasteiger partial charge is 0.0955 e. The molecular formula is C16H13NS2. The summed E-state index contributed by atoms with van der Waals surface area (Å²) in [7, 11) is 0. The van der Waals surface area contributed by atoms with Gasteiger partial charge in [0.2, 0.25) is 0 Å². The Hall–Kier alpha value is -1.58. The van der Waals surface area contributed by atoms with E-state index in [-0.39, 0.29) is 0 Å². The lowest BCUT2D eigenvalue weighted by atomic mass is 10.2. The second-order valence-corrected chi connectivity index (χ2v) is 6.70. The van der Waals surface area contributed by atoms with E-state index >= 15 is 0 Å². The maximum Gasteiger partial charge on any atom is 0.0955 e. The van der Waals surface area contributed by atoms with Crippen molar-refractivity contribution >= 4 is 23.1 Å². The van der Waals surface area contributed by atoms with Gasteiger partial charge in [-0.05, 0) is 19.1 Å². The highest BCUT2D eigenvalue weighted by molar-refractivity contribution is 8.01. The number of hydrogen-bond donors (Lipinski definition) is 0. The summed E-state index contributed by atoms with van der Waals surface area (Å²) in [5.41, 5.74) is 2.28. The van der Waals surface area contributed by atoms with Crippen LogP contribution < -0.4 is 0 Å². The summed E-state index contributed by atoms with van der Waals surface area (Å²) in [6.07, 6.45) is 0. The van der Waals surface area contributed by atoms with Crippen LogP contribution in [0.25, 0.3) is 11.3 Å². The lowest BCUT2D eigenvalue weighted by Crippen LogP contribution is -1.79. The van der Waals surface area contributed by atoms with Gasteiger partial charge in [0.15, 0.2) is 0 Å². The molecule has 0 saturated heterocycles. The van der Waals surface area contributed by atoms with Crippen molar-refractivity contribution in [3.8, 4) is 11.3 Å². The molecule has 0 aliphatic heterocycles. The number of thiazole rings is 1. The summed E-state index contributed by atoms with van der Waals surface area (Å²) in [4.78, 5) is 5.93. The van der Waals surface area contributed by atoms with Crippen molar-refractivity contribution in [1.82, 2.24) is 4.98 Å². The minimum Gasteiger partial charge on any atom is -0.240 e. The van der Waals surface area contributed by atoms with Crippen LogP contribution in [0.4, 0.5) is 0 Å². The Labute approximate surface area is 121 Å². The maximum atomic E-state index is 4.67. The van der Waals surface area contributed by atoms with Crippen molar-refractivity contribution in [3.05, 3.63) is 65.7 Å². The molecule has 19 heavy (non-hydrogen) atoms. The van der Waals surface area contributed by atoms with Crippen molar-refractivity contribution < 1.29 is 0 Å². The third-order valence-electron chi connectivity index (χ3n) is 2.70. The van der Waals surface area contributed by atoms with E-state index < -0.39 is 0 Å². The Bertz CT molecular complexity index is 660. The average molecular weight is 283 g/mol. The van der Waals surface area contributed by atoms with Crippen LogP contribution in [0.5, 0.6) is 0 Å². The molecule has 0 aliphatic rings. The molecule has 0 bridgehead atoms. The monoisotopic (exact) mass is 283 g/mol. The van der Waals surface area contributed by atoms with Crippen LogP contribution in [0.1, 0.15) is 5.01 Å². The topological polar surface area (TPSA) is 12.9 Å². The van der Waals surface area contributed by atoms with Crippen LogP contribution in [0.15, 0.2) is 69.8 Å². The predicted molar refractivity (Wildman–Crippen MR) is 82.9 cm³/mol. The summed E-state index contributed by atoms with van der Waals surface area (Å²) in [5, 5.41) is 1.11. The van der Waals surface area contributed by atoms with Gasteiger partial charge in [-0.3, -0.25) is 0 Å². The Morgan fingerprint density at radius 3 is 2.21 bits per heavy atom. The lowest BCUT2D eigenvalue weighted by molar-refractivity contribution is 1.28. The first-order chi connectivity index (χ1) is 9.33. The van der Waals surface area contributed by atoms with E-state index in [0.29, 0.717) is 0 Å². The Balaban J connectivity index is 1.99. The highest BCUT2D eigenvalue weighted by Gasteiger charge is 2.12. The van der Waals surface area contributed by atoms with Gasteiger partial charge in [-0.25, -0.2) is 4.98 Å². The third-order valence-corrected chi connectivity index (χ3v) is 4.86. The molecule has 0 atom stereocenters. The minimum atomic E-state index is 1.09. The van der Waals surface area contributed by atoms with Gasteiger partial charge < -0.3 is 0 Å². The highest BCUT2D eigenvalue weighted by Crippen LogP contribution is 2.39. The molecule has 0 aliphatic carbocycles. The molecule has 94 valence electrons. The summed E-state index contributed by atoms with van der Waals surface area (Å²) in [5.74, 6) is 0. The molecule has 1 aromatic heterocycles. The molecule has 0 radical (unpaired) electrons. The van der Waals surface area contributed by atoms with Crippen molar-refractivity contribution in [2.75, 3.05) is 0 Å². The fourth-order valence-electron chi connectivity index (χ4n) is 1.85. The summed E-state index contributed by atoms with van der Waals surface area (Å²) < 4.78 is 1.26. The number of benzene rings is 2. The zero-order valence-electron chi connectivity index (χ0n) is 10.5. The molecule has 0 amide bonds. The lowest BCUT2D eigenvalue weighted by Gasteiger charge is -2.02. The zero-order chi connectivity index (χ0) is 13.1. The zero-order valence-corrected chi connectivity index (χ0v) is 12.2. The molecule has 0 N–H and O–H groups in total. The normalized spacial score (nSPS) is 10.6. The van der Waals surface area contributed by atoms with E-state index in [1.54, 1.807) is 23.1 Å². The van der Waals surface area contributed by atoms with Crippen LogP contribution >= 0.6 is 23.1 Å². The Morgan fingerprint density at radius 2 is 1.53 bits per heavy atom. The molecule has 3 aromatic rings. The average Bonchev–Trinajstić information content (AvgIpc) is 2.82. The first-order valence-electron chi connectivity index (χ1n) is 6.09. The number of aromatic nitrogens is 1. The summed E-state index contributed by atoms with van der Waals surface area (Å²) in [6.45, 7) is 2.06. The molecule has 0 unspecified atom stereocenters. The molecule has 3 heteroatoms. The van der Waals surface area contributed by atoms with Crippen molar-refractivity contribution in [2.24, 2.45) is 0 Å². The number of rotatable bonds is 3. The van der Waals surface area contributed by atoms with E-state index in [9.17, 15) is 0 Å². The number of nitrogens with zero attached hydrogens (tertiary/aromatic N) is 1. The SMILES string of the molecule is Cc1nc(-c2ccccc2)c(Sc2ccccc2)s1. The molecule has 1 nitrogen and oxygen atoms in total. The van der Waals surface area contributed by atoms with Crippen molar-refractivity contribution in [3.63, 3.8) is 0 Å². The van der Waals surface area contributed by atoms with E-state index in [1.807, 2.05) is 12.1 Å². The first kappa shape index (κ1) is 12.5. The molecule has 0 fully saturated rings. The van der Waals surface area contributed by atoms with Gasteiger partial charge in [-0.1, -0.05) is 60.3 Å². The Morgan fingerprint density at radius 1 is 0.895 bits per heavy atom. The Kier molecular flexibility index (Phi) is 3.67. The fraction of sp³-hybridized carbons (Fsp3) is 0.0625. The molecule has 0 spiro atoms. The summed E-state index contributed by atoms with van der Waals surface area (Å²) in [6, 6.07) is 20.8. The predicted octanol–water partition coefficient (Wildman–Crippen LogP) is 5.27. The van der Waals surface area contributed by atoms with Gasteiger partial charge in [-0.15, -0.1) is 11.3 Å². The van der Waals surface area contributed by atoms with Gasteiger partial charge in [0.05, 0.1) is 14.9 Å². The molecule has 2 aromatic carbocycles. The second-order valence-electron chi connectivity index (χ2n) is 4.15. The molecular weight excluding hydrogens is 270 g/mol. The summed E-state index contributed by atoms with van der Waals surface area (Å²) >= 11 is 3.54. The van der Waals surface area contributed by atoms with Crippen LogP contribution in [-0.2, 0) is 0 Å². The van der Waals surface area contributed by atoms with Crippen LogP contribution in [-0.4, -0.2) is 4.98 Å². The van der Waals surface area contributed by atoms with E-state index in [2.05, 4.69) is 60.4 Å². The van der Waals surface area contributed by atoms with Crippen molar-refractivity contribution in [2.45, 2.75) is 16.0 Å². The number of aryl methyl sites for hydroxylation is 1. The highest BCUT2D eigenvalue weighted by atomic mass is 32.2. The largest absolute Gasteiger partial charge is 0.240 e. The van der Waals surface area contributed by atoms with Gasteiger partial charge in [0.1, 0.15) is 0 Å². The first-order valence-corrected chi connectivity index (χ1v) is 7.72. The number of hydrogen-bond acceptors (Lipinski definition) is 3. The van der Waals surface area contributed by atoms with E-state index in [0.717, 1.165) is 10.7 Å². The molecule has 0 saturated carbocycles. The second kappa shape index (κ2) is 5.59. The van der Waals surface area contributed by atoms with Gasteiger partial charge in [-0.2, -0.15) is 0 Å². The maximum absolute atomic E-state index is 4.67. The van der Waals surface area contributed by atoms with Gasteiger partial charge >= 0.3 is 0 Å². The van der Waals surface area contributed by atoms with E-state index in [4.69, 9.17) is 0 Å². The third kappa shape index (κ3) is 2.88. The van der Waals surface area contributed by atoms with Crippen LogP contribution in [0.3, 0.4) is 0 Å². The molecule has 1 heterocycles. The van der Waals surface area contributed by atoms with Gasteiger partial charge in [0.25, 0.3) is 0 Å². The standard InChI is InChI=1S/C16H13NS2/c1-12-17-15(13-8-4-2-5-9-13)16(18-12)19-14-10-6-3-7-11-14/h2-11H,1H3. The minimum absolute atomic E-state index is 1.09. The van der Waals surface area contributed by atoms with Crippen molar-refractivity contribution in [1.29, 1.82) is 0 Å². The van der Waals surface area contributed by atoms with Gasteiger partial charge in [0, 0.05) is 10.5 Å². The van der Waals surface area contributed by atoms with E-state index in [1.165, 1.54) is 14.7 Å². The van der Waals surface area contributed by atoms with Crippen LogP contribution in [0.2, 0.25) is 0 Å². The molecule has 3 rings (SSSR count). The van der Waals surface area contributed by atoms with Crippen LogP contribution in [0, 0.1) is 6.92 Å². The fourth-order valence-corrected chi connectivity index (χ4v) is 4.10. The quantitative estimate of drug-likeness (QED) is 0.649.